The zero-order chi connectivity index (χ0) is 11.5. The molecule has 1 aliphatic heterocycles. The molecule has 4 heteroatoms. The van der Waals surface area contributed by atoms with Gasteiger partial charge in [0.2, 0.25) is 0 Å². The van der Waals surface area contributed by atoms with Gasteiger partial charge in [0.25, 0.3) is 0 Å². The summed E-state index contributed by atoms with van der Waals surface area (Å²) < 4.78 is 2.05. The van der Waals surface area contributed by atoms with E-state index < -0.39 is 0 Å². The molecule has 0 radical (unpaired) electrons. The van der Waals surface area contributed by atoms with Crippen molar-refractivity contribution in [3.05, 3.63) is 17.5 Å². The van der Waals surface area contributed by atoms with Gasteiger partial charge in [0.05, 0.1) is 17.5 Å². The van der Waals surface area contributed by atoms with Gasteiger partial charge in [-0.05, 0) is 39.3 Å². The first-order valence-electron chi connectivity index (χ1n) is 6.12. The van der Waals surface area contributed by atoms with Gasteiger partial charge in [-0.25, -0.2) is 0 Å². The number of likely N-dealkylation sites (tertiary alicyclic amines) is 1. The van der Waals surface area contributed by atoms with Crippen LogP contribution in [0.3, 0.4) is 0 Å². The Hall–Kier alpha value is -0.870. The molecule has 0 aromatic carbocycles. The Balaban J connectivity index is 2.02. The van der Waals surface area contributed by atoms with Gasteiger partial charge < -0.3 is 5.11 Å². The summed E-state index contributed by atoms with van der Waals surface area (Å²) in [7, 11) is 0. The molecule has 2 heterocycles. The maximum atomic E-state index is 9.63. The van der Waals surface area contributed by atoms with Crippen molar-refractivity contribution in [3.63, 3.8) is 0 Å². The number of hydrogen-bond acceptors (Lipinski definition) is 3. The number of aryl methyl sites for hydroxylation is 2. The Bertz CT molecular complexity index is 348. The fraction of sp³-hybridized carbons (Fsp3) is 0.750. The fourth-order valence-electron chi connectivity index (χ4n) is 2.40. The quantitative estimate of drug-likeness (QED) is 0.836. The van der Waals surface area contributed by atoms with E-state index in [0.717, 1.165) is 44.7 Å². The lowest BCUT2D eigenvalue weighted by molar-refractivity contribution is 0.0654. The largest absolute Gasteiger partial charge is 0.392 e. The van der Waals surface area contributed by atoms with Crippen LogP contribution in [0.15, 0.2) is 6.07 Å². The van der Waals surface area contributed by atoms with E-state index in [1.165, 1.54) is 5.69 Å². The summed E-state index contributed by atoms with van der Waals surface area (Å²) in [6.07, 6.45) is 1.90. The first-order chi connectivity index (χ1) is 7.69. The lowest BCUT2D eigenvalue weighted by atomic mass is 10.1. The van der Waals surface area contributed by atoms with E-state index in [1.807, 2.05) is 6.92 Å². The highest BCUT2D eigenvalue weighted by Crippen LogP contribution is 2.14. The monoisotopic (exact) mass is 223 g/mol. The van der Waals surface area contributed by atoms with Crippen molar-refractivity contribution in [1.29, 1.82) is 0 Å². The van der Waals surface area contributed by atoms with E-state index in [-0.39, 0.29) is 6.10 Å². The number of rotatable bonds is 3. The average molecular weight is 223 g/mol. The molecule has 16 heavy (non-hydrogen) atoms. The molecule has 1 unspecified atom stereocenters. The smallest absolute Gasteiger partial charge is 0.0667 e. The maximum absolute atomic E-state index is 9.63. The average Bonchev–Trinajstić information content (AvgIpc) is 2.59. The zero-order valence-electron chi connectivity index (χ0n) is 10.2. The Kier molecular flexibility index (Phi) is 3.61. The third-order valence-corrected chi connectivity index (χ3v) is 3.15. The molecule has 1 aliphatic rings. The molecule has 0 saturated carbocycles. The van der Waals surface area contributed by atoms with Crippen molar-refractivity contribution in [3.8, 4) is 0 Å². The van der Waals surface area contributed by atoms with Gasteiger partial charge >= 0.3 is 0 Å². The lowest BCUT2D eigenvalue weighted by Crippen LogP contribution is -2.38. The van der Waals surface area contributed by atoms with E-state index in [9.17, 15) is 5.11 Å². The summed E-state index contributed by atoms with van der Waals surface area (Å²) in [6.45, 7) is 7.85. The normalized spacial score (nSPS) is 22.6. The first kappa shape index (κ1) is 11.6. The molecular formula is C12H21N3O. The number of aliphatic hydroxyl groups excluding tert-OH is 1. The van der Waals surface area contributed by atoms with Gasteiger partial charge in [0, 0.05) is 19.6 Å². The summed E-state index contributed by atoms with van der Waals surface area (Å²) in [5, 5.41) is 14.1. The number of piperidine rings is 1. The van der Waals surface area contributed by atoms with Crippen LogP contribution in [0.1, 0.15) is 31.2 Å². The molecule has 0 amide bonds. The van der Waals surface area contributed by atoms with Gasteiger partial charge in [-0.1, -0.05) is 0 Å². The van der Waals surface area contributed by atoms with E-state index in [0.29, 0.717) is 0 Å². The summed E-state index contributed by atoms with van der Waals surface area (Å²) in [5.41, 5.74) is 2.34. The third kappa shape index (κ3) is 2.62. The van der Waals surface area contributed by atoms with E-state index in [1.54, 1.807) is 0 Å². The molecule has 1 atom stereocenters. The molecule has 1 saturated heterocycles. The van der Waals surface area contributed by atoms with Crippen molar-refractivity contribution in [2.24, 2.45) is 0 Å². The molecule has 1 N–H and O–H groups in total. The molecule has 90 valence electrons. The Morgan fingerprint density at radius 1 is 1.56 bits per heavy atom. The molecular weight excluding hydrogens is 202 g/mol. The minimum atomic E-state index is -0.146. The summed E-state index contributed by atoms with van der Waals surface area (Å²) in [5.74, 6) is 0. The number of hydrogen-bond donors (Lipinski definition) is 1. The summed E-state index contributed by atoms with van der Waals surface area (Å²) in [4.78, 5) is 2.32. The molecule has 0 aliphatic carbocycles. The second-order valence-electron chi connectivity index (χ2n) is 4.62. The Labute approximate surface area is 96.9 Å². The topological polar surface area (TPSA) is 41.3 Å². The number of aromatic nitrogens is 2. The summed E-state index contributed by atoms with van der Waals surface area (Å²) in [6, 6.07) is 2.14. The Morgan fingerprint density at radius 2 is 2.38 bits per heavy atom. The van der Waals surface area contributed by atoms with Crippen molar-refractivity contribution < 1.29 is 5.11 Å². The fourth-order valence-corrected chi connectivity index (χ4v) is 2.40. The standard InChI is InChI=1S/C12H21N3O/c1-3-15-11(7-10(2)13-15)8-14-6-4-5-12(16)9-14/h7,12,16H,3-6,8-9H2,1-2H3. The van der Waals surface area contributed by atoms with Gasteiger partial charge in [-0.2, -0.15) is 5.10 Å². The number of nitrogens with zero attached hydrogens (tertiary/aromatic N) is 3. The summed E-state index contributed by atoms with van der Waals surface area (Å²) >= 11 is 0. The highest BCUT2D eigenvalue weighted by atomic mass is 16.3. The van der Waals surface area contributed by atoms with Crippen LogP contribution in [-0.2, 0) is 13.1 Å². The van der Waals surface area contributed by atoms with Crippen LogP contribution < -0.4 is 0 Å². The van der Waals surface area contributed by atoms with Crippen molar-refractivity contribution >= 4 is 0 Å². The predicted molar refractivity (Wildman–Crippen MR) is 63.2 cm³/mol. The molecule has 1 aromatic heterocycles. The van der Waals surface area contributed by atoms with Crippen LogP contribution in [0.2, 0.25) is 0 Å². The van der Waals surface area contributed by atoms with Crippen LogP contribution in [0, 0.1) is 6.92 Å². The molecule has 4 nitrogen and oxygen atoms in total. The van der Waals surface area contributed by atoms with Gasteiger partial charge in [0.15, 0.2) is 0 Å². The number of aliphatic hydroxyl groups is 1. The minimum absolute atomic E-state index is 0.146. The van der Waals surface area contributed by atoms with Crippen LogP contribution in [0.5, 0.6) is 0 Å². The van der Waals surface area contributed by atoms with Gasteiger partial charge in [-0.15, -0.1) is 0 Å². The van der Waals surface area contributed by atoms with Gasteiger partial charge in [0.1, 0.15) is 0 Å². The van der Waals surface area contributed by atoms with Crippen LogP contribution in [0.4, 0.5) is 0 Å². The second kappa shape index (κ2) is 4.97. The van der Waals surface area contributed by atoms with Crippen molar-refractivity contribution in [2.75, 3.05) is 13.1 Å². The second-order valence-corrected chi connectivity index (χ2v) is 4.62. The van der Waals surface area contributed by atoms with E-state index in [4.69, 9.17) is 0 Å². The molecule has 1 fully saturated rings. The molecule has 1 aromatic rings. The first-order valence-corrected chi connectivity index (χ1v) is 6.12. The van der Waals surface area contributed by atoms with Gasteiger partial charge in [-0.3, -0.25) is 9.58 Å². The molecule has 2 rings (SSSR count). The molecule has 0 spiro atoms. The highest BCUT2D eigenvalue weighted by molar-refractivity contribution is 5.09. The maximum Gasteiger partial charge on any atom is 0.0667 e. The van der Waals surface area contributed by atoms with E-state index in [2.05, 4.69) is 27.7 Å². The zero-order valence-corrected chi connectivity index (χ0v) is 10.2. The van der Waals surface area contributed by atoms with Crippen LogP contribution in [0.25, 0.3) is 0 Å². The predicted octanol–water partition coefficient (Wildman–Crippen LogP) is 1.17. The SMILES string of the molecule is CCn1nc(C)cc1CN1CCCC(O)C1. The lowest BCUT2D eigenvalue weighted by Gasteiger charge is -2.29. The third-order valence-electron chi connectivity index (χ3n) is 3.15. The molecule has 0 bridgehead atoms. The number of β-amino-alcohol motifs (C(OH)–C–C–N with tert-alkyl or cyclic N) is 1. The highest BCUT2D eigenvalue weighted by Gasteiger charge is 2.18. The van der Waals surface area contributed by atoms with Crippen LogP contribution in [-0.4, -0.2) is 39.0 Å². The Morgan fingerprint density at radius 3 is 3.06 bits per heavy atom. The van der Waals surface area contributed by atoms with Crippen molar-refractivity contribution in [1.82, 2.24) is 14.7 Å². The van der Waals surface area contributed by atoms with Crippen LogP contribution >= 0.6 is 0 Å². The minimum Gasteiger partial charge on any atom is -0.392 e. The van der Waals surface area contributed by atoms with Crippen molar-refractivity contribution in [2.45, 2.75) is 45.9 Å². The van der Waals surface area contributed by atoms with E-state index >= 15 is 0 Å².